The summed E-state index contributed by atoms with van der Waals surface area (Å²) in [5.74, 6) is -1.53. The summed E-state index contributed by atoms with van der Waals surface area (Å²) < 4.78 is 0.949. The molecule has 1 saturated carbocycles. The van der Waals surface area contributed by atoms with Crippen LogP contribution in [0.15, 0.2) is 24.3 Å². The van der Waals surface area contributed by atoms with Crippen molar-refractivity contribution in [2.24, 2.45) is 5.92 Å². The highest BCUT2D eigenvalue weighted by atomic mass is 35.5. The van der Waals surface area contributed by atoms with Crippen molar-refractivity contribution in [2.45, 2.75) is 12.5 Å². The van der Waals surface area contributed by atoms with Gasteiger partial charge >= 0.3 is 0 Å². The largest absolute Gasteiger partial charge is 0.396 e. The lowest BCUT2D eigenvalue weighted by molar-refractivity contribution is -0.136. The van der Waals surface area contributed by atoms with Gasteiger partial charge in [-0.05, 0) is 18.6 Å². The zero-order valence-corrected chi connectivity index (χ0v) is 17.2. The number of thiazole rings is 1. The fourth-order valence-electron chi connectivity index (χ4n) is 3.27. The lowest BCUT2D eigenvalue weighted by atomic mass is 10.1. The Hall–Kier alpha value is -2.66. The number of carbonyl (C=O) groups excluding carboxylic acids is 2. The molecule has 9 nitrogen and oxygen atoms in total. The number of rotatable bonds is 7. The molecule has 0 radical (unpaired) electrons. The maximum atomic E-state index is 12.3. The van der Waals surface area contributed by atoms with Crippen molar-refractivity contribution in [3.05, 3.63) is 29.4 Å². The minimum atomic E-state index is -0.834. The monoisotopic (exact) mass is 447 g/mol. The van der Waals surface area contributed by atoms with E-state index in [4.69, 9.17) is 16.7 Å². The van der Waals surface area contributed by atoms with Crippen molar-refractivity contribution in [1.82, 2.24) is 15.0 Å². The average Bonchev–Trinajstić information content (AvgIpc) is 3.28. The van der Waals surface area contributed by atoms with Gasteiger partial charge in [0.25, 0.3) is 0 Å². The van der Waals surface area contributed by atoms with Crippen LogP contribution in [0, 0.1) is 5.92 Å². The van der Waals surface area contributed by atoms with E-state index >= 15 is 0 Å². The van der Waals surface area contributed by atoms with Crippen molar-refractivity contribution in [3.63, 3.8) is 0 Å². The molecule has 2 atom stereocenters. The highest BCUT2D eigenvalue weighted by molar-refractivity contribution is 7.21. The normalized spacial score (nSPS) is 18.9. The fraction of sp³-hybridized carbons (Fsp3) is 0.316. The average molecular weight is 448 g/mol. The molecule has 1 aliphatic carbocycles. The van der Waals surface area contributed by atoms with Gasteiger partial charge in [0.05, 0.1) is 41.0 Å². The van der Waals surface area contributed by atoms with Crippen LogP contribution in [0.5, 0.6) is 0 Å². The first-order valence-corrected chi connectivity index (χ1v) is 10.4. The van der Waals surface area contributed by atoms with Gasteiger partial charge in [-0.1, -0.05) is 23.7 Å². The molecule has 1 aromatic carbocycles. The number of Topliss-reactive ketones (excluding diaryl/α,β-unsaturated/α-hetero) is 2. The summed E-state index contributed by atoms with van der Waals surface area (Å²) in [4.78, 5) is 37.6. The highest BCUT2D eigenvalue weighted by Gasteiger charge is 2.41. The van der Waals surface area contributed by atoms with Crippen molar-refractivity contribution in [3.8, 4) is 10.6 Å². The molecular weight excluding hydrogens is 430 g/mol. The quantitative estimate of drug-likeness (QED) is 0.315. The maximum Gasteiger partial charge on any atom is 0.226 e. The van der Waals surface area contributed by atoms with Gasteiger partial charge in [-0.15, -0.1) is 11.3 Å². The second kappa shape index (κ2) is 8.60. The van der Waals surface area contributed by atoms with E-state index in [0.29, 0.717) is 10.6 Å². The van der Waals surface area contributed by atoms with E-state index in [-0.39, 0.29) is 43.1 Å². The Morgan fingerprint density at radius 1 is 1.13 bits per heavy atom. The number of fused-ring (bicyclic) bond motifs is 1. The third-order valence-electron chi connectivity index (χ3n) is 4.75. The number of benzene rings is 1. The molecule has 0 bridgehead atoms. The number of nitrogens with zero attached hydrogens (tertiary/aromatic N) is 3. The number of aliphatic hydroxyl groups excluding tert-OH is 2. The van der Waals surface area contributed by atoms with E-state index in [1.165, 1.54) is 11.3 Å². The van der Waals surface area contributed by atoms with Crippen LogP contribution in [-0.2, 0) is 9.59 Å². The molecule has 0 amide bonds. The highest BCUT2D eigenvalue weighted by Crippen LogP contribution is 2.39. The molecule has 0 spiro atoms. The molecule has 3 aromatic rings. The summed E-state index contributed by atoms with van der Waals surface area (Å²) in [6, 6.07) is 6.75. The number of hydrogen-bond donors (Lipinski definition) is 4. The van der Waals surface area contributed by atoms with Gasteiger partial charge in [-0.2, -0.15) is 4.98 Å². The minimum Gasteiger partial charge on any atom is -0.396 e. The molecule has 30 heavy (non-hydrogen) atoms. The number of hydrogen-bond acceptors (Lipinski definition) is 10. The summed E-state index contributed by atoms with van der Waals surface area (Å²) in [6.45, 7) is -0.303. The number of halogens is 1. The Morgan fingerprint density at radius 2 is 1.93 bits per heavy atom. The van der Waals surface area contributed by atoms with Crippen LogP contribution in [0.3, 0.4) is 0 Å². The summed E-state index contributed by atoms with van der Waals surface area (Å²) in [7, 11) is 0. The first-order valence-electron chi connectivity index (χ1n) is 9.25. The number of anilines is 2. The van der Waals surface area contributed by atoms with Crippen LogP contribution in [-0.4, -0.2) is 62.5 Å². The third-order valence-corrected chi connectivity index (χ3v) is 6.08. The molecule has 1 fully saturated rings. The topological polar surface area (TPSA) is 137 Å². The van der Waals surface area contributed by atoms with E-state index in [1.54, 1.807) is 0 Å². The van der Waals surface area contributed by atoms with E-state index in [1.807, 2.05) is 24.3 Å². The molecule has 0 saturated heterocycles. The van der Waals surface area contributed by atoms with Gasteiger partial charge < -0.3 is 20.8 Å². The van der Waals surface area contributed by atoms with Crippen molar-refractivity contribution in [2.75, 3.05) is 30.4 Å². The van der Waals surface area contributed by atoms with Crippen LogP contribution >= 0.6 is 22.9 Å². The molecular formula is C19H18ClN5O4S. The van der Waals surface area contributed by atoms with E-state index < -0.39 is 23.5 Å². The molecule has 11 heteroatoms. The zero-order valence-electron chi connectivity index (χ0n) is 15.6. The number of nitrogens with one attached hydrogen (secondary N) is 2. The second-order valence-corrected chi connectivity index (χ2v) is 8.13. The fourth-order valence-corrected chi connectivity index (χ4v) is 4.60. The number of aliphatic hydroxyl groups is 2. The molecule has 4 N–H and O–H groups in total. The second-order valence-electron chi connectivity index (χ2n) is 6.74. The van der Waals surface area contributed by atoms with E-state index in [0.717, 1.165) is 10.2 Å². The van der Waals surface area contributed by atoms with Gasteiger partial charge in [0.2, 0.25) is 17.5 Å². The molecule has 156 valence electrons. The van der Waals surface area contributed by atoms with Gasteiger partial charge in [0.1, 0.15) is 16.0 Å². The van der Waals surface area contributed by atoms with Crippen LogP contribution < -0.4 is 10.6 Å². The Kier molecular flexibility index (Phi) is 5.91. The Bertz CT molecular complexity index is 1090. The third kappa shape index (κ3) is 3.86. The molecule has 0 aliphatic heterocycles. The number of carbonyl (C=O) groups is 2. The lowest BCUT2D eigenvalue weighted by Gasteiger charge is -2.16. The first-order chi connectivity index (χ1) is 14.5. The Labute approximate surface area is 180 Å². The number of ketones is 2. The summed E-state index contributed by atoms with van der Waals surface area (Å²) in [6.07, 6.45) is 0.161. The molecule has 2 aromatic heterocycles. The molecule has 2 unspecified atom stereocenters. The van der Waals surface area contributed by atoms with Gasteiger partial charge in [0.15, 0.2) is 0 Å². The van der Waals surface area contributed by atoms with E-state index in [9.17, 15) is 14.7 Å². The summed E-state index contributed by atoms with van der Waals surface area (Å²) in [5, 5.41) is 24.9. The van der Waals surface area contributed by atoms with Crippen molar-refractivity contribution in [1.29, 1.82) is 0 Å². The molecule has 2 heterocycles. The maximum absolute atomic E-state index is 12.3. The zero-order chi connectivity index (χ0) is 21.3. The van der Waals surface area contributed by atoms with Gasteiger partial charge in [-0.25, -0.2) is 9.97 Å². The van der Waals surface area contributed by atoms with Crippen molar-refractivity contribution >= 4 is 56.5 Å². The molecule has 1 aliphatic rings. The SMILES string of the molecule is O=C1C(=O)C(Nc2nc(NCCO)nc(Cl)c2-c2nc3ccccc3s2)CC1CO. The summed E-state index contributed by atoms with van der Waals surface area (Å²) in [5.41, 5.74) is 1.20. The van der Waals surface area contributed by atoms with Crippen LogP contribution in [0.1, 0.15) is 6.42 Å². The lowest BCUT2D eigenvalue weighted by Crippen LogP contribution is -2.28. The summed E-state index contributed by atoms with van der Waals surface area (Å²) >= 11 is 7.86. The van der Waals surface area contributed by atoms with Crippen LogP contribution in [0.25, 0.3) is 20.8 Å². The van der Waals surface area contributed by atoms with E-state index in [2.05, 4.69) is 25.6 Å². The van der Waals surface area contributed by atoms with Gasteiger partial charge in [-0.3, -0.25) is 9.59 Å². The standard InChI is InChI=1S/C19H18ClN5O4S/c20-16-13(18-23-10-3-1-2-4-12(10)30-18)17(25-19(24-16)21-5-6-26)22-11-7-9(8-27)14(28)15(11)29/h1-4,9,11,26-27H,5-8H2,(H2,21,22,24,25). The van der Waals surface area contributed by atoms with Crippen molar-refractivity contribution < 1.29 is 19.8 Å². The van der Waals surface area contributed by atoms with Gasteiger partial charge in [0, 0.05) is 6.54 Å². The number of para-hydroxylation sites is 1. The Balaban J connectivity index is 1.77. The van der Waals surface area contributed by atoms with Crippen LogP contribution in [0.2, 0.25) is 5.15 Å². The first kappa shape index (κ1) is 20.6. The Morgan fingerprint density at radius 3 is 2.63 bits per heavy atom. The predicted octanol–water partition coefficient (Wildman–Crippen LogP) is 1.74. The minimum absolute atomic E-state index is 0.113. The molecule has 4 rings (SSSR count). The predicted molar refractivity (Wildman–Crippen MR) is 114 cm³/mol. The smallest absolute Gasteiger partial charge is 0.226 e. The van der Waals surface area contributed by atoms with Crippen LogP contribution in [0.4, 0.5) is 11.8 Å². The number of aromatic nitrogens is 3.